The van der Waals surface area contributed by atoms with Crippen molar-refractivity contribution in [2.75, 3.05) is 20.3 Å². The molecule has 0 aromatic carbocycles. The highest BCUT2D eigenvalue weighted by Crippen LogP contribution is 2.44. The molecule has 0 amide bonds. The number of ether oxygens (including phenoxy) is 2. The van der Waals surface area contributed by atoms with Crippen LogP contribution in [0.4, 0.5) is 0 Å². The van der Waals surface area contributed by atoms with Gasteiger partial charge in [0.25, 0.3) is 0 Å². The largest absolute Gasteiger partial charge is 0.385 e. The van der Waals surface area contributed by atoms with E-state index in [0.717, 1.165) is 26.0 Å². The van der Waals surface area contributed by atoms with Gasteiger partial charge in [-0.25, -0.2) is 0 Å². The number of nitrogens with one attached hydrogen (secondary N) is 1. The van der Waals surface area contributed by atoms with E-state index < -0.39 is 0 Å². The number of methoxy groups -OCH3 is 1. The van der Waals surface area contributed by atoms with Crippen molar-refractivity contribution >= 4 is 0 Å². The van der Waals surface area contributed by atoms with E-state index >= 15 is 0 Å². The third-order valence-corrected chi connectivity index (χ3v) is 3.73. The fourth-order valence-electron chi connectivity index (χ4n) is 3.18. The van der Waals surface area contributed by atoms with Gasteiger partial charge in [0.1, 0.15) is 0 Å². The monoisotopic (exact) mass is 243 g/mol. The molecule has 0 aliphatic carbocycles. The molecule has 0 bridgehead atoms. The zero-order valence-corrected chi connectivity index (χ0v) is 12.3. The van der Waals surface area contributed by atoms with Crippen molar-refractivity contribution in [3.05, 3.63) is 0 Å². The third kappa shape index (κ3) is 3.94. The standard InChI is InChI=1S/C14H29NO2/c1-7-15-12(8-9-16-6)11-10-13(2,3)17-14(11,4)5/h11-12,15H,7-10H2,1-6H3. The van der Waals surface area contributed by atoms with Gasteiger partial charge in [-0.1, -0.05) is 6.92 Å². The summed E-state index contributed by atoms with van der Waals surface area (Å²) in [4.78, 5) is 0. The van der Waals surface area contributed by atoms with Crippen LogP contribution in [-0.2, 0) is 9.47 Å². The minimum absolute atomic E-state index is 0.00505. The van der Waals surface area contributed by atoms with Crippen LogP contribution < -0.4 is 5.32 Å². The highest BCUT2D eigenvalue weighted by Gasteiger charge is 2.48. The Balaban J connectivity index is 2.72. The second-order valence-electron chi connectivity index (χ2n) is 6.22. The van der Waals surface area contributed by atoms with Crippen LogP contribution in [0.5, 0.6) is 0 Å². The van der Waals surface area contributed by atoms with Crippen molar-refractivity contribution < 1.29 is 9.47 Å². The minimum atomic E-state index is -0.0515. The Labute approximate surface area is 106 Å². The molecule has 1 rings (SSSR count). The SMILES string of the molecule is CCNC(CCOC)C1CC(C)(C)OC1(C)C. The quantitative estimate of drug-likeness (QED) is 0.778. The third-order valence-electron chi connectivity index (χ3n) is 3.73. The van der Waals surface area contributed by atoms with Gasteiger partial charge in [-0.3, -0.25) is 0 Å². The van der Waals surface area contributed by atoms with Crippen LogP contribution in [0.3, 0.4) is 0 Å². The van der Waals surface area contributed by atoms with Crippen LogP contribution in [0, 0.1) is 5.92 Å². The second kappa shape index (κ2) is 5.68. The van der Waals surface area contributed by atoms with E-state index in [1.165, 1.54) is 0 Å². The molecule has 1 saturated heterocycles. The number of hydrogen-bond donors (Lipinski definition) is 1. The molecule has 1 heterocycles. The Morgan fingerprint density at radius 1 is 1.35 bits per heavy atom. The molecule has 0 spiro atoms. The zero-order chi connectivity index (χ0) is 13.1. The lowest BCUT2D eigenvalue weighted by Crippen LogP contribution is -2.44. The van der Waals surface area contributed by atoms with Gasteiger partial charge in [0, 0.05) is 25.7 Å². The molecule has 1 N–H and O–H groups in total. The van der Waals surface area contributed by atoms with Crippen LogP contribution in [-0.4, -0.2) is 37.5 Å². The molecule has 102 valence electrons. The molecular formula is C14H29NO2. The van der Waals surface area contributed by atoms with E-state index in [4.69, 9.17) is 9.47 Å². The van der Waals surface area contributed by atoms with Crippen molar-refractivity contribution in [2.45, 2.75) is 64.7 Å². The number of hydrogen-bond acceptors (Lipinski definition) is 3. The zero-order valence-electron chi connectivity index (χ0n) is 12.3. The fraction of sp³-hybridized carbons (Fsp3) is 1.00. The summed E-state index contributed by atoms with van der Waals surface area (Å²) >= 11 is 0. The first-order chi connectivity index (χ1) is 7.82. The molecule has 2 unspecified atom stereocenters. The molecule has 1 aliphatic heterocycles. The predicted octanol–water partition coefficient (Wildman–Crippen LogP) is 2.59. The summed E-state index contributed by atoms with van der Waals surface area (Å²) in [7, 11) is 1.77. The smallest absolute Gasteiger partial charge is 0.0677 e. The summed E-state index contributed by atoms with van der Waals surface area (Å²) < 4.78 is 11.4. The van der Waals surface area contributed by atoms with Crippen molar-refractivity contribution in [3.8, 4) is 0 Å². The van der Waals surface area contributed by atoms with Crippen molar-refractivity contribution in [3.63, 3.8) is 0 Å². The molecule has 0 aromatic rings. The fourth-order valence-corrected chi connectivity index (χ4v) is 3.18. The van der Waals surface area contributed by atoms with Crippen LogP contribution >= 0.6 is 0 Å². The highest BCUT2D eigenvalue weighted by molar-refractivity contribution is 4.99. The van der Waals surface area contributed by atoms with E-state index in [1.54, 1.807) is 7.11 Å². The first kappa shape index (κ1) is 14.9. The van der Waals surface area contributed by atoms with Gasteiger partial charge >= 0.3 is 0 Å². The van der Waals surface area contributed by atoms with Crippen LogP contribution in [0.25, 0.3) is 0 Å². The molecular weight excluding hydrogens is 214 g/mol. The van der Waals surface area contributed by atoms with Gasteiger partial charge in [-0.05, 0) is 47.1 Å². The lowest BCUT2D eigenvalue weighted by Gasteiger charge is -2.33. The Hall–Kier alpha value is -0.120. The summed E-state index contributed by atoms with van der Waals surface area (Å²) in [5, 5.41) is 3.59. The topological polar surface area (TPSA) is 30.5 Å². The molecule has 1 fully saturated rings. The van der Waals surface area contributed by atoms with Gasteiger partial charge in [0.05, 0.1) is 11.2 Å². The van der Waals surface area contributed by atoms with Crippen LogP contribution in [0.1, 0.15) is 47.5 Å². The van der Waals surface area contributed by atoms with E-state index in [2.05, 4.69) is 39.9 Å². The maximum absolute atomic E-state index is 6.18. The summed E-state index contributed by atoms with van der Waals surface area (Å²) in [5.74, 6) is 0.549. The van der Waals surface area contributed by atoms with Crippen molar-refractivity contribution in [1.82, 2.24) is 5.32 Å². The van der Waals surface area contributed by atoms with Crippen molar-refractivity contribution in [1.29, 1.82) is 0 Å². The Kier molecular flexibility index (Phi) is 4.99. The van der Waals surface area contributed by atoms with Gasteiger partial charge < -0.3 is 14.8 Å². The average Bonchev–Trinajstić information content (AvgIpc) is 2.41. The Morgan fingerprint density at radius 3 is 2.41 bits per heavy atom. The molecule has 3 nitrogen and oxygen atoms in total. The molecule has 3 heteroatoms. The van der Waals surface area contributed by atoms with E-state index in [-0.39, 0.29) is 11.2 Å². The lowest BCUT2D eigenvalue weighted by molar-refractivity contribution is -0.0782. The Morgan fingerprint density at radius 2 is 2.00 bits per heavy atom. The normalized spacial score (nSPS) is 28.2. The first-order valence-electron chi connectivity index (χ1n) is 6.75. The van der Waals surface area contributed by atoms with E-state index in [9.17, 15) is 0 Å². The first-order valence-corrected chi connectivity index (χ1v) is 6.75. The molecule has 2 atom stereocenters. The molecule has 1 aliphatic rings. The number of rotatable bonds is 6. The van der Waals surface area contributed by atoms with Gasteiger partial charge in [0.15, 0.2) is 0 Å². The van der Waals surface area contributed by atoms with Gasteiger partial charge in [-0.2, -0.15) is 0 Å². The molecule has 0 aromatic heterocycles. The molecule has 0 radical (unpaired) electrons. The average molecular weight is 243 g/mol. The minimum Gasteiger partial charge on any atom is -0.385 e. The van der Waals surface area contributed by atoms with Crippen LogP contribution in [0.2, 0.25) is 0 Å². The second-order valence-corrected chi connectivity index (χ2v) is 6.22. The maximum atomic E-state index is 6.18. The van der Waals surface area contributed by atoms with Gasteiger partial charge in [0.2, 0.25) is 0 Å². The molecule has 17 heavy (non-hydrogen) atoms. The van der Waals surface area contributed by atoms with Gasteiger partial charge in [-0.15, -0.1) is 0 Å². The molecule has 0 saturated carbocycles. The maximum Gasteiger partial charge on any atom is 0.0677 e. The van der Waals surface area contributed by atoms with Crippen molar-refractivity contribution in [2.24, 2.45) is 5.92 Å². The summed E-state index contributed by atoms with van der Waals surface area (Å²) in [6.07, 6.45) is 2.17. The summed E-state index contributed by atoms with van der Waals surface area (Å²) in [5.41, 5.74) is -0.0566. The highest BCUT2D eigenvalue weighted by atomic mass is 16.5. The summed E-state index contributed by atoms with van der Waals surface area (Å²) in [6, 6.07) is 0.483. The lowest BCUT2D eigenvalue weighted by atomic mass is 9.80. The van der Waals surface area contributed by atoms with E-state index in [0.29, 0.717) is 12.0 Å². The summed E-state index contributed by atoms with van der Waals surface area (Å²) in [6.45, 7) is 12.8. The van der Waals surface area contributed by atoms with Crippen LogP contribution in [0.15, 0.2) is 0 Å². The Bertz CT molecular complexity index is 238. The van der Waals surface area contributed by atoms with E-state index in [1.807, 2.05) is 0 Å². The predicted molar refractivity (Wildman–Crippen MR) is 71.3 cm³/mol.